The Labute approximate surface area is 359 Å². The number of aromatic nitrogens is 2. The Bertz CT molecular complexity index is 3700. The number of allylic oxidation sites excluding steroid dienone is 1. The van der Waals surface area contributed by atoms with Gasteiger partial charge in [0.05, 0.1) is 16.6 Å². The number of para-hydroxylation sites is 2. The van der Waals surface area contributed by atoms with Crippen molar-refractivity contribution in [2.75, 3.05) is 0 Å². The SMILES string of the molecule is C1=C(c2ccc3c(c2)c2ccccc2n3-c2ccc3c4ccccc4c4ccccc4c3c2)CCc2c1c1ccccc1n2-c1cc(-c2ccccc2)cc(-c2ccccc2)c1. The minimum Gasteiger partial charge on any atom is -0.313 e. The standard InChI is InChI=1S/C60H40N2/c1-3-15-39(16-4-1)43-33-44(40-17-5-2-6-18-40)35-46(34-43)62-58-26-14-12-24-53(58)56-37-42(28-32-60(56)62)41-27-31-59-55(36-41)52-23-11-13-25-57(52)61(59)45-29-30-51-49-21-8-7-19-47(49)48-20-9-10-22-50(48)54(51)38-45/h1-27,29-31,33-38H,28,32H2. The highest BCUT2D eigenvalue weighted by Gasteiger charge is 2.24. The van der Waals surface area contributed by atoms with Crippen LogP contribution in [0.4, 0.5) is 0 Å². The third-order valence-corrected chi connectivity index (χ3v) is 13.4. The van der Waals surface area contributed by atoms with Crippen LogP contribution in [0.15, 0.2) is 212 Å². The summed E-state index contributed by atoms with van der Waals surface area (Å²) in [4.78, 5) is 0. The third-order valence-electron chi connectivity index (χ3n) is 13.4. The molecule has 13 rings (SSSR count). The van der Waals surface area contributed by atoms with Gasteiger partial charge in [-0.25, -0.2) is 0 Å². The summed E-state index contributed by atoms with van der Waals surface area (Å²) in [5.41, 5.74) is 16.3. The lowest BCUT2D eigenvalue weighted by molar-refractivity contribution is 0.898. The van der Waals surface area contributed by atoms with Gasteiger partial charge in [-0.15, -0.1) is 0 Å². The lowest BCUT2D eigenvalue weighted by Gasteiger charge is -2.19. The molecule has 0 saturated carbocycles. The van der Waals surface area contributed by atoms with Crippen LogP contribution in [0.2, 0.25) is 0 Å². The first kappa shape index (κ1) is 34.9. The molecule has 2 nitrogen and oxygen atoms in total. The molecule has 0 aliphatic heterocycles. The van der Waals surface area contributed by atoms with Crippen LogP contribution in [-0.4, -0.2) is 9.13 Å². The van der Waals surface area contributed by atoms with E-state index in [1.54, 1.807) is 0 Å². The highest BCUT2D eigenvalue weighted by atomic mass is 15.0. The molecule has 0 unspecified atom stereocenters. The van der Waals surface area contributed by atoms with Crippen LogP contribution in [0.3, 0.4) is 0 Å². The van der Waals surface area contributed by atoms with E-state index in [1.165, 1.54) is 121 Å². The van der Waals surface area contributed by atoms with Gasteiger partial charge in [-0.2, -0.15) is 0 Å². The Balaban J connectivity index is 0.962. The van der Waals surface area contributed by atoms with Gasteiger partial charge >= 0.3 is 0 Å². The van der Waals surface area contributed by atoms with E-state index in [0.29, 0.717) is 0 Å². The molecule has 2 aromatic heterocycles. The summed E-state index contributed by atoms with van der Waals surface area (Å²) in [6.07, 6.45) is 4.39. The van der Waals surface area contributed by atoms with Gasteiger partial charge in [0.25, 0.3) is 0 Å². The maximum absolute atomic E-state index is 2.53. The molecular formula is C60H40N2. The van der Waals surface area contributed by atoms with Crippen molar-refractivity contribution >= 4 is 76.7 Å². The van der Waals surface area contributed by atoms with Gasteiger partial charge in [0.2, 0.25) is 0 Å². The zero-order chi connectivity index (χ0) is 40.7. The second kappa shape index (κ2) is 13.8. The lowest BCUT2D eigenvalue weighted by atomic mass is 9.90. The van der Waals surface area contributed by atoms with Crippen molar-refractivity contribution in [1.29, 1.82) is 0 Å². The molecule has 290 valence electrons. The fraction of sp³-hybridized carbons (Fsp3) is 0.0333. The van der Waals surface area contributed by atoms with E-state index < -0.39 is 0 Å². The maximum Gasteiger partial charge on any atom is 0.0541 e. The number of nitrogens with zero attached hydrogens (tertiary/aromatic N) is 2. The molecule has 62 heavy (non-hydrogen) atoms. The monoisotopic (exact) mass is 788 g/mol. The van der Waals surface area contributed by atoms with Crippen molar-refractivity contribution in [3.05, 3.63) is 229 Å². The molecule has 2 heterocycles. The zero-order valence-electron chi connectivity index (χ0n) is 34.1. The average molecular weight is 789 g/mol. The van der Waals surface area contributed by atoms with Gasteiger partial charge in [0, 0.05) is 38.8 Å². The molecule has 0 fully saturated rings. The van der Waals surface area contributed by atoms with Gasteiger partial charge in [0.1, 0.15) is 0 Å². The topological polar surface area (TPSA) is 9.86 Å². The molecule has 1 aliphatic rings. The van der Waals surface area contributed by atoms with E-state index in [0.717, 1.165) is 12.8 Å². The molecule has 0 amide bonds. The summed E-state index contributed by atoms with van der Waals surface area (Å²) >= 11 is 0. The molecular weight excluding hydrogens is 749 g/mol. The second-order valence-corrected chi connectivity index (χ2v) is 16.8. The van der Waals surface area contributed by atoms with Gasteiger partial charge < -0.3 is 9.13 Å². The highest BCUT2D eigenvalue weighted by molar-refractivity contribution is 6.25. The molecule has 0 radical (unpaired) electrons. The van der Waals surface area contributed by atoms with Crippen LogP contribution in [0.1, 0.15) is 23.2 Å². The van der Waals surface area contributed by atoms with E-state index in [-0.39, 0.29) is 0 Å². The van der Waals surface area contributed by atoms with Crippen molar-refractivity contribution in [3.63, 3.8) is 0 Å². The van der Waals surface area contributed by atoms with Crippen LogP contribution in [0, 0.1) is 0 Å². The van der Waals surface area contributed by atoms with Crippen LogP contribution in [-0.2, 0) is 6.42 Å². The number of benzene rings is 10. The van der Waals surface area contributed by atoms with Crippen molar-refractivity contribution in [2.24, 2.45) is 0 Å². The predicted molar refractivity (Wildman–Crippen MR) is 264 cm³/mol. The van der Waals surface area contributed by atoms with Crippen LogP contribution in [0.5, 0.6) is 0 Å². The lowest BCUT2D eigenvalue weighted by Crippen LogP contribution is -2.05. The molecule has 0 spiro atoms. The zero-order valence-corrected chi connectivity index (χ0v) is 34.1. The predicted octanol–water partition coefficient (Wildman–Crippen LogP) is 16.0. The highest BCUT2D eigenvalue weighted by Crippen LogP contribution is 2.43. The number of fused-ring (bicyclic) bond motifs is 12. The number of rotatable bonds is 5. The quantitative estimate of drug-likeness (QED) is 0.154. The minimum atomic E-state index is 0.950. The van der Waals surface area contributed by atoms with Crippen molar-refractivity contribution < 1.29 is 0 Å². The number of hydrogen-bond acceptors (Lipinski definition) is 0. The molecule has 0 saturated heterocycles. The van der Waals surface area contributed by atoms with E-state index in [2.05, 4.69) is 228 Å². The van der Waals surface area contributed by atoms with E-state index in [9.17, 15) is 0 Å². The fourth-order valence-electron chi connectivity index (χ4n) is 10.6. The fourth-order valence-corrected chi connectivity index (χ4v) is 10.6. The summed E-state index contributed by atoms with van der Waals surface area (Å²) in [6, 6.07) is 78.4. The van der Waals surface area contributed by atoms with Crippen LogP contribution < -0.4 is 0 Å². The van der Waals surface area contributed by atoms with Gasteiger partial charge in [-0.1, -0.05) is 158 Å². The Hall–Kier alpha value is -7.94. The van der Waals surface area contributed by atoms with Gasteiger partial charge in [-0.05, 0) is 139 Å². The molecule has 1 aliphatic carbocycles. The van der Waals surface area contributed by atoms with Crippen LogP contribution >= 0.6 is 0 Å². The van der Waals surface area contributed by atoms with E-state index in [4.69, 9.17) is 0 Å². The molecule has 0 bridgehead atoms. The normalized spacial score (nSPS) is 12.8. The van der Waals surface area contributed by atoms with Gasteiger partial charge in [0.15, 0.2) is 0 Å². The summed E-state index contributed by atoms with van der Waals surface area (Å²) in [5.74, 6) is 0. The Morgan fingerprint density at radius 2 is 0.790 bits per heavy atom. The molecule has 0 atom stereocenters. The summed E-state index contributed by atoms with van der Waals surface area (Å²) in [6.45, 7) is 0. The first-order valence-electron chi connectivity index (χ1n) is 21.7. The van der Waals surface area contributed by atoms with E-state index >= 15 is 0 Å². The first-order chi connectivity index (χ1) is 30.7. The minimum absolute atomic E-state index is 0.950. The van der Waals surface area contributed by atoms with Crippen LogP contribution in [0.25, 0.3) is 110 Å². The smallest absolute Gasteiger partial charge is 0.0541 e. The second-order valence-electron chi connectivity index (χ2n) is 16.8. The average Bonchev–Trinajstić information content (AvgIpc) is 3.86. The number of hydrogen-bond donors (Lipinski definition) is 0. The van der Waals surface area contributed by atoms with Gasteiger partial charge in [-0.3, -0.25) is 0 Å². The Morgan fingerprint density at radius 1 is 0.274 bits per heavy atom. The molecule has 0 N–H and O–H groups in total. The largest absolute Gasteiger partial charge is 0.313 e. The Morgan fingerprint density at radius 3 is 1.44 bits per heavy atom. The maximum atomic E-state index is 2.53. The van der Waals surface area contributed by atoms with Crippen molar-refractivity contribution in [2.45, 2.75) is 12.8 Å². The summed E-state index contributed by atoms with van der Waals surface area (Å²) in [7, 11) is 0. The molecule has 10 aromatic carbocycles. The van der Waals surface area contributed by atoms with Crippen molar-refractivity contribution in [3.8, 4) is 33.6 Å². The first-order valence-corrected chi connectivity index (χ1v) is 21.7. The van der Waals surface area contributed by atoms with Crippen molar-refractivity contribution in [1.82, 2.24) is 9.13 Å². The Kier molecular flexibility index (Phi) is 7.77. The molecule has 12 aromatic rings. The molecule has 2 heteroatoms. The third kappa shape index (κ3) is 5.36. The summed E-state index contributed by atoms with van der Waals surface area (Å²) < 4.78 is 5.00. The van der Waals surface area contributed by atoms with E-state index in [1.807, 2.05) is 0 Å². The summed E-state index contributed by atoms with van der Waals surface area (Å²) in [5, 5.41) is 11.6.